The Morgan fingerprint density at radius 2 is 1.96 bits per heavy atom. The van der Waals surface area contributed by atoms with E-state index in [4.69, 9.17) is 0 Å². The molecule has 0 saturated heterocycles. The van der Waals surface area contributed by atoms with Crippen LogP contribution in [0.3, 0.4) is 0 Å². The Morgan fingerprint density at radius 3 is 2.59 bits per heavy atom. The van der Waals surface area contributed by atoms with Gasteiger partial charge in [-0.1, -0.05) is 42.8 Å². The third kappa shape index (κ3) is 3.67. The fourth-order valence-electron chi connectivity index (χ4n) is 3.59. The number of carbonyl (C=O) groups excluding carboxylic acids is 2. The van der Waals surface area contributed by atoms with Gasteiger partial charge in [-0.3, -0.25) is 9.59 Å². The zero-order valence-electron chi connectivity index (χ0n) is 15.4. The Balaban J connectivity index is 1.54. The van der Waals surface area contributed by atoms with E-state index in [1.54, 1.807) is 28.3 Å². The summed E-state index contributed by atoms with van der Waals surface area (Å²) in [7, 11) is 1.72. The van der Waals surface area contributed by atoms with E-state index < -0.39 is 0 Å². The monoisotopic (exact) mass is 381 g/mol. The molecule has 1 fully saturated rings. The van der Waals surface area contributed by atoms with Gasteiger partial charge in [0.25, 0.3) is 5.91 Å². The molecule has 1 aliphatic heterocycles. The van der Waals surface area contributed by atoms with Crippen molar-refractivity contribution in [2.45, 2.75) is 31.7 Å². The maximum absolute atomic E-state index is 13.0. The molecule has 1 aromatic carbocycles. The highest BCUT2D eigenvalue weighted by Crippen LogP contribution is 2.34. The Kier molecular flexibility index (Phi) is 5.07. The number of amides is 2. The van der Waals surface area contributed by atoms with Gasteiger partial charge in [0.15, 0.2) is 0 Å². The van der Waals surface area contributed by atoms with Gasteiger partial charge >= 0.3 is 0 Å². The molecule has 2 amide bonds. The van der Waals surface area contributed by atoms with Crippen molar-refractivity contribution in [3.05, 3.63) is 58.3 Å². The fourth-order valence-corrected chi connectivity index (χ4v) is 4.31. The van der Waals surface area contributed by atoms with Crippen molar-refractivity contribution < 1.29 is 9.59 Å². The molecule has 0 N–H and O–H groups in total. The predicted octanol–water partition coefficient (Wildman–Crippen LogP) is 3.68. The summed E-state index contributed by atoms with van der Waals surface area (Å²) in [4.78, 5) is 28.1. The van der Waals surface area contributed by atoms with Crippen LogP contribution in [-0.2, 0) is 9.59 Å². The molecule has 0 bridgehead atoms. The quantitative estimate of drug-likeness (QED) is 0.793. The first-order valence-electron chi connectivity index (χ1n) is 9.37. The van der Waals surface area contributed by atoms with Crippen molar-refractivity contribution >= 4 is 28.9 Å². The molecule has 27 heavy (non-hydrogen) atoms. The molecule has 1 aromatic heterocycles. The average Bonchev–Trinajstić information content (AvgIpc) is 3.30. The van der Waals surface area contributed by atoms with E-state index in [1.165, 1.54) is 0 Å². The zero-order chi connectivity index (χ0) is 18.8. The Labute approximate surface area is 163 Å². The van der Waals surface area contributed by atoms with E-state index >= 15 is 0 Å². The SMILES string of the molecule is CN(CC(=O)N1N=C(c2cccs2)CC1c1ccccc1)C(=O)C1CCC1. The Hall–Kier alpha value is -2.47. The van der Waals surface area contributed by atoms with Gasteiger partial charge in [0.1, 0.15) is 6.54 Å². The molecule has 1 saturated carbocycles. The van der Waals surface area contributed by atoms with Gasteiger partial charge in [-0.2, -0.15) is 5.10 Å². The van der Waals surface area contributed by atoms with E-state index in [-0.39, 0.29) is 30.3 Å². The van der Waals surface area contributed by atoms with Crippen molar-refractivity contribution in [2.75, 3.05) is 13.6 Å². The van der Waals surface area contributed by atoms with Crippen LogP contribution in [-0.4, -0.2) is 41.0 Å². The molecule has 5 nitrogen and oxygen atoms in total. The van der Waals surface area contributed by atoms with Crippen LogP contribution in [0.5, 0.6) is 0 Å². The highest BCUT2D eigenvalue weighted by molar-refractivity contribution is 7.12. The molecule has 2 heterocycles. The molecule has 1 atom stereocenters. The van der Waals surface area contributed by atoms with Crippen molar-refractivity contribution in [3.8, 4) is 0 Å². The lowest BCUT2D eigenvalue weighted by molar-refractivity contribution is -0.144. The first-order chi connectivity index (χ1) is 13.1. The number of nitrogens with zero attached hydrogens (tertiary/aromatic N) is 3. The summed E-state index contributed by atoms with van der Waals surface area (Å²) in [5, 5.41) is 8.25. The lowest BCUT2D eigenvalue weighted by atomic mass is 9.84. The molecular formula is C21H23N3O2S. The zero-order valence-corrected chi connectivity index (χ0v) is 16.2. The summed E-state index contributed by atoms with van der Waals surface area (Å²) in [6.45, 7) is 0.0693. The summed E-state index contributed by atoms with van der Waals surface area (Å²) in [5.41, 5.74) is 1.99. The minimum absolute atomic E-state index is 0.0693. The fraction of sp³-hybridized carbons (Fsp3) is 0.381. The van der Waals surface area contributed by atoms with E-state index in [9.17, 15) is 9.59 Å². The smallest absolute Gasteiger partial charge is 0.262 e. The van der Waals surface area contributed by atoms with Crippen molar-refractivity contribution in [3.63, 3.8) is 0 Å². The summed E-state index contributed by atoms with van der Waals surface area (Å²) in [6, 6.07) is 13.9. The molecule has 0 radical (unpaired) electrons. The van der Waals surface area contributed by atoms with Gasteiger partial charge in [0.2, 0.25) is 5.91 Å². The minimum Gasteiger partial charge on any atom is -0.336 e. The summed E-state index contributed by atoms with van der Waals surface area (Å²) < 4.78 is 0. The number of carbonyl (C=O) groups is 2. The van der Waals surface area contributed by atoms with Gasteiger partial charge in [-0.15, -0.1) is 11.3 Å². The molecule has 0 spiro atoms. The maximum atomic E-state index is 13.0. The Morgan fingerprint density at radius 1 is 1.19 bits per heavy atom. The molecule has 2 aliphatic rings. The number of hydrogen-bond donors (Lipinski definition) is 0. The molecule has 6 heteroatoms. The van der Waals surface area contributed by atoms with Gasteiger partial charge < -0.3 is 4.90 Å². The van der Waals surface area contributed by atoms with Crippen LogP contribution in [0.2, 0.25) is 0 Å². The normalized spacial score (nSPS) is 19.5. The lowest BCUT2D eigenvalue weighted by Gasteiger charge is -2.30. The number of hydrazone groups is 1. The molecule has 1 aliphatic carbocycles. The van der Waals surface area contributed by atoms with Crippen LogP contribution in [0.1, 0.15) is 42.2 Å². The molecule has 2 aromatic rings. The summed E-state index contributed by atoms with van der Waals surface area (Å²) in [6.07, 6.45) is 3.67. The third-order valence-corrected chi connectivity index (χ3v) is 6.28. The van der Waals surface area contributed by atoms with E-state index in [2.05, 4.69) is 5.10 Å². The minimum atomic E-state index is -0.134. The summed E-state index contributed by atoms with van der Waals surface area (Å²) >= 11 is 1.63. The van der Waals surface area contributed by atoms with Crippen molar-refractivity contribution in [1.29, 1.82) is 0 Å². The van der Waals surface area contributed by atoms with Gasteiger partial charge in [-0.25, -0.2) is 5.01 Å². The van der Waals surface area contributed by atoms with E-state index in [0.717, 1.165) is 35.4 Å². The molecular weight excluding hydrogens is 358 g/mol. The van der Waals surface area contributed by atoms with E-state index in [1.807, 2.05) is 47.8 Å². The first kappa shape index (κ1) is 17.9. The number of benzene rings is 1. The van der Waals surface area contributed by atoms with Crippen molar-refractivity contribution in [2.24, 2.45) is 11.0 Å². The number of likely N-dealkylation sites (N-methyl/N-ethyl adjacent to an activating group) is 1. The summed E-state index contributed by atoms with van der Waals surface area (Å²) in [5.74, 6) is 0.0366. The number of thiophene rings is 1. The van der Waals surface area contributed by atoms with Crippen molar-refractivity contribution in [1.82, 2.24) is 9.91 Å². The van der Waals surface area contributed by atoms with E-state index in [0.29, 0.717) is 6.42 Å². The van der Waals surface area contributed by atoms with Gasteiger partial charge in [0.05, 0.1) is 16.6 Å². The second kappa shape index (κ2) is 7.64. The third-order valence-electron chi connectivity index (χ3n) is 5.36. The highest BCUT2D eigenvalue weighted by Gasteiger charge is 2.35. The first-order valence-corrected chi connectivity index (χ1v) is 10.2. The van der Waals surface area contributed by atoms with Gasteiger partial charge in [0, 0.05) is 19.4 Å². The Bertz CT molecular complexity index is 844. The molecule has 140 valence electrons. The van der Waals surface area contributed by atoms with Crippen LogP contribution in [0.25, 0.3) is 0 Å². The topological polar surface area (TPSA) is 53.0 Å². The van der Waals surface area contributed by atoms with Gasteiger partial charge in [-0.05, 0) is 29.9 Å². The lowest BCUT2D eigenvalue weighted by Crippen LogP contribution is -2.42. The van der Waals surface area contributed by atoms with Crippen LogP contribution >= 0.6 is 11.3 Å². The largest absolute Gasteiger partial charge is 0.336 e. The second-order valence-electron chi connectivity index (χ2n) is 7.22. The van der Waals surface area contributed by atoms with Crippen LogP contribution in [0.4, 0.5) is 0 Å². The van der Waals surface area contributed by atoms with Crippen LogP contribution in [0, 0.1) is 5.92 Å². The highest BCUT2D eigenvalue weighted by atomic mass is 32.1. The molecule has 4 rings (SSSR count). The standard InChI is InChI=1S/C21H23N3O2S/c1-23(21(26)16-9-5-10-16)14-20(25)24-18(15-7-3-2-4-8-15)13-17(22-24)19-11-6-12-27-19/h2-4,6-8,11-12,16,18H,5,9-10,13-14H2,1H3. The van der Waals surface area contributed by atoms with Crippen LogP contribution in [0.15, 0.2) is 52.9 Å². The maximum Gasteiger partial charge on any atom is 0.262 e. The predicted molar refractivity (Wildman–Crippen MR) is 106 cm³/mol. The average molecular weight is 382 g/mol. The number of hydrogen-bond acceptors (Lipinski definition) is 4. The molecule has 1 unspecified atom stereocenters. The van der Waals surface area contributed by atoms with Crippen LogP contribution < -0.4 is 0 Å². The second-order valence-corrected chi connectivity index (χ2v) is 8.16. The number of rotatable bonds is 5.